The second-order valence-corrected chi connectivity index (χ2v) is 4.98. The van der Waals surface area contributed by atoms with Crippen LogP contribution in [0.15, 0.2) is 36.5 Å². The zero-order valence-electron chi connectivity index (χ0n) is 11.8. The lowest BCUT2D eigenvalue weighted by Gasteiger charge is -2.11. The van der Waals surface area contributed by atoms with Gasteiger partial charge in [-0.3, -0.25) is 5.32 Å². The summed E-state index contributed by atoms with van der Waals surface area (Å²) in [7, 11) is 0. The van der Waals surface area contributed by atoms with E-state index in [2.05, 4.69) is 15.6 Å². The summed E-state index contributed by atoms with van der Waals surface area (Å²) in [6, 6.07) is 8.64. The predicted molar refractivity (Wildman–Crippen MR) is 82.8 cm³/mol. The van der Waals surface area contributed by atoms with Gasteiger partial charge in [0.15, 0.2) is 6.73 Å². The fourth-order valence-corrected chi connectivity index (χ4v) is 1.93. The minimum Gasteiger partial charge on any atom is -0.473 e. The molecule has 2 rings (SSSR count). The zero-order valence-corrected chi connectivity index (χ0v) is 12.6. The van der Waals surface area contributed by atoms with Gasteiger partial charge in [-0.15, -0.1) is 0 Å². The highest BCUT2D eigenvalue weighted by Gasteiger charge is 2.04. The lowest BCUT2D eigenvalue weighted by molar-refractivity contribution is 0.234. The van der Waals surface area contributed by atoms with Crippen LogP contribution in [0, 0.1) is 13.8 Å². The van der Waals surface area contributed by atoms with Crippen molar-refractivity contribution in [2.45, 2.75) is 13.8 Å². The minimum absolute atomic E-state index is 0.0658. The summed E-state index contributed by atoms with van der Waals surface area (Å²) in [6.07, 6.45) is 1.52. The summed E-state index contributed by atoms with van der Waals surface area (Å²) < 4.78 is 5.51. The molecule has 0 spiro atoms. The molecule has 0 bridgehead atoms. The Balaban J connectivity index is 1.81. The van der Waals surface area contributed by atoms with E-state index in [0.29, 0.717) is 10.8 Å². The number of nitrogens with one attached hydrogen (secondary N) is 2. The van der Waals surface area contributed by atoms with Gasteiger partial charge in [0.25, 0.3) is 0 Å². The molecule has 1 aromatic heterocycles. The highest BCUT2D eigenvalue weighted by atomic mass is 35.5. The Hall–Kier alpha value is -2.27. The standard InChI is InChI=1S/C15H16ClN3O2/c1-10-3-4-13(11(2)7-10)21-9-18-15(20)19-14-8-12(16)5-6-17-14/h3-8H,9H2,1-2H3,(H2,17,18,19,20). The van der Waals surface area contributed by atoms with Crippen LogP contribution in [0.4, 0.5) is 10.6 Å². The fraction of sp³-hybridized carbons (Fsp3) is 0.200. The number of halogens is 1. The van der Waals surface area contributed by atoms with Gasteiger partial charge < -0.3 is 10.1 Å². The number of rotatable bonds is 4. The van der Waals surface area contributed by atoms with E-state index in [-0.39, 0.29) is 6.73 Å². The molecule has 0 aliphatic heterocycles. The van der Waals surface area contributed by atoms with Crippen LogP contribution in [0.1, 0.15) is 11.1 Å². The van der Waals surface area contributed by atoms with Crippen molar-refractivity contribution < 1.29 is 9.53 Å². The smallest absolute Gasteiger partial charge is 0.323 e. The number of carbonyl (C=O) groups excluding carboxylic acids is 1. The average Bonchev–Trinajstić information content (AvgIpc) is 2.41. The summed E-state index contributed by atoms with van der Waals surface area (Å²) in [5.41, 5.74) is 2.19. The third-order valence-corrected chi connectivity index (χ3v) is 2.99. The first-order valence-corrected chi connectivity index (χ1v) is 6.79. The number of aromatic nitrogens is 1. The van der Waals surface area contributed by atoms with Crippen molar-refractivity contribution in [3.8, 4) is 5.75 Å². The van der Waals surface area contributed by atoms with E-state index in [9.17, 15) is 4.79 Å². The van der Waals surface area contributed by atoms with Crippen molar-refractivity contribution in [2.75, 3.05) is 12.0 Å². The molecule has 0 atom stereocenters. The van der Waals surface area contributed by atoms with E-state index < -0.39 is 6.03 Å². The predicted octanol–water partition coefficient (Wildman–Crippen LogP) is 3.51. The Morgan fingerprint density at radius 3 is 2.81 bits per heavy atom. The van der Waals surface area contributed by atoms with Crippen LogP contribution in [0.2, 0.25) is 5.02 Å². The first-order chi connectivity index (χ1) is 10.0. The number of hydrogen-bond acceptors (Lipinski definition) is 3. The normalized spacial score (nSPS) is 10.0. The third-order valence-electron chi connectivity index (χ3n) is 2.75. The van der Waals surface area contributed by atoms with E-state index in [1.54, 1.807) is 12.1 Å². The van der Waals surface area contributed by atoms with Crippen LogP contribution in [-0.2, 0) is 0 Å². The Kier molecular flexibility index (Phi) is 5.00. The van der Waals surface area contributed by atoms with Gasteiger partial charge in [0, 0.05) is 11.2 Å². The molecule has 2 aromatic rings. The van der Waals surface area contributed by atoms with Crippen LogP contribution >= 0.6 is 11.6 Å². The third kappa shape index (κ3) is 4.65. The zero-order chi connectivity index (χ0) is 15.2. The minimum atomic E-state index is -0.408. The van der Waals surface area contributed by atoms with Crippen molar-refractivity contribution in [1.82, 2.24) is 10.3 Å². The lowest BCUT2D eigenvalue weighted by Crippen LogP contribution is -2.32. The molecule has 1 heterocycles. The molecule has 1 aromatic carbocycles. The van der Waals surface area contributed by atoms with Crippen molar-refractivity contribution in [3.05, 3.63) is 52.7 Å². The van der Waals surface area contributed by atoms with E-state index in [1.165, 1.54) is 6.20 Å². The number of urea groups is 1. The number of amides is 2. The maximum absolute atomic E-state index is 11.7. The molecule has 5 nitrogen and oxygen atoms in total. The Morgan fingerprint density at radius 2 is 2.10 bits per heavy atom. The van der Waals surface area contributed by atoms with Gasteiger partial charge in [-0.2, -0.15) is 0 Å². The molecule has 2 amide bonds. The number of ether oxygens (including phenoxy) is 1. The van der Waals surface area contributed by atoms with Crippen molar-refractivity contribution in [3.63, 3.8) is 0 Å². The van der Waals surface area contributed by atoms with Crippen LogP contribution in [0.5, 0.6) is 5.75 Å². The molecule has 21 heavy (non-hydrogen) atoms. The molecule has 0 saturated carbocycles. The SMILES string of the molecule is Cc1ccc(OCNC(=O)Nc2cc(Cl)ccn2)c(C)c1. The number of pyridine rings is 1. The first-order valence-electron chi connectivity index (χ1n) is 6.41. The highest BCUT2D eigenvalue weighted by Crippen LogP contribution is 2.18. The van der Waals surface area contributed by atoms with Crippen molar-refractivity contribution >= 4 is 23.4 Å². The van der Waals surface area contributed by atoms with E-state index in [0.717, 1.165) is 16.9 Å². The Labute approximate surface area is 128 Å². The van der Waals surface area contributed by atoms with Crippen LogP contribution < -0.4 is 15.4 Å². The van der Waals surface area contributed by atoms with Gasteiger partial charge in [-0.1, -0.05) is 29.3 Å². The molecular formula is C15H16ClN3O2. The van der Waals surface area contributed by atoms with Gasteiger partial charge in [-0.05, 0) is 37.6 Å². The Morgan fingerprint density at radius 1 is 1.29 bits per heavy atom. The average molecular weight is 306 g/mol. The second kappa shape index (κ2) is 6.95. The molecule has 6 heteroatoms. The monoisotopic (exact) mass is 305 g/mol. The van der Waals surface area contributed by atoms with E-state index in [1.807, 2.05) is 32.0 Å². The molecule has 0 radical (unpaired) electrons. The molecule has 0 fully saturated rings. The summed E-state index contributed by atoms with van der Waals surface area (Å²) in [6.45, 7) is 4.04. The molecule has 0 unspecified atom stereocenters. The Bertz CT molecular complexity index is 647. The summed E-state index contributed by atoms with van der Waals surface area (Å²) in [5.74, 6) is 1.12. The second-order valence-electron chi connectivity index (χ2n) is 4.55. The molecule has 2 N–H and O–H groups in total. The molecule has 0 aliphatic rings. The number of nitrogens with zero attached hydrogens (tertiary/aromatic N) is 1. The van der Waals surface area contributed by atoms with Gasteiger partial charge in [0.2, 0.25) is 0 Å². The number of hydrogen-bond donors (Lipinski definition) is 2. The number of aryl methyl sites for hydroxylation is 2. The van der Waals surface area contributed by atoms with Gasteiger partial charge >= 0.3 is 6.03 Å². The summed E-state index contributed by atoms with van der Waals surface area (Å²) in [5, 5.41) is 5.66. The number of carbonyl (C=O) groups is 1. The van der Waals surface area contributed by atoms with Crippen molar-refractivity contribution in [2.24, 2.45) is 0 Å². The molecule has 110 valence electrons. The van der Waals surface area contributed by atoms with E-state index in [4.69, 9.17) is 16.3 Å². The van der Waals surface area contributed by atoms with E-state index >= 15 is 0 Å². The highest BCUT2D eigenvalue weighted by molar-refractivity contribution is 6.30. The van der Waals surface area contributed by atoms with Crippen molar-refractivity contribution in [1.29, 1.82) is 0 Å². The molecular weight excluding hydrogens is 290 g/mol. The largest absolute Gasteiger partial charge is 0.473 e. The summed E-state index contributed by atoms with van der Waals surface area (Å²) >= 11 is 5.81. The quantitative estimate of drug-likeness (QED) is 0.850. The number of anilines is 1. The lowest BCUT2D eigenvalue weighted by atomic mass is 10.1. The first kappa shape index (κ1) is 15.1. The molecule has 0 saturated heterocycles. The van der Waals surface area contributed by atoms with Gasteiger partial charge in [0.05, 0.1) is 0 Å². The fourth-order valence-electron chi connectivity index (χ4n) is 1.77. The van der Waals surface area contributed by atoms with Crippen LogP contribution in [-0.4, -0.2) is 17.7 Å². The van der Waals surface area contributed by atoms with Gasteiger partial charge in [-0.25, -0.2) is 9.78 Å². The number of benzene rings is 1. The summed E-state index contributed by atoms with van der Waals surface area (Å²) in [4.78, 5) is 15.6. The van der Waals surface area contributed by atoms with Crippen LogP contribution in [0.3, 0.4) is 0 Å². The topological polar surface area (TPSA) is 63.2 Å². The van der Waals surface area contributed by atoms with Crippen LogP contribution in [0.25, 0.3) is 0 Å². The molecule has 0 aliphatic carbocycles. The maximum Gasteiger partial charge on any atom is 0.323 e. The van der Waals surface area contributed by atoms with Gasteiger partial charge in [0.1, 0.15) is 11.6 Å². The maximum atomic E-state index is 11.7.